The number of amides is 2. The fourth-order valence-corrected chi connectivity index (χ4v) is 13.4. The second-order valence-corrected chi connectivity index (χ2v) is 20.2. The highest BCUT2D eigenvalue weighted by Crippen LogP contribution is 2.18. The van der Waals surface area contributed by atoms with Crippen LogP contribution >= 0.6 is 0 Å². The van der Waals surface area contributed by atoms with E-state index in [4.69, 9.17) is 37.9 Å². The molecule has 240 valence electrons. The first-order valence-corrected chi connectivity index (χ1v) is 21.5. The molecule has 0 bridgehead atoms. The van der Waals surface area contributed by atoms with Crippen LogP contribution in [-0.4, -0.2) is 79.2 Å². The third-order valence-electron chi connectivity index (χ3n) is 4.30. The van der Waals surface area contributed by atoms with E-state index in [1.165, 1.54) is 0 Å². The van der Waals surface area contributed by atoms with Crippen molar-refractivity contribution >= 4 is 68.2 Å². The van der Waals surface area contributed by atoms with E-state index < -0.39 is 31.7 Å². The number of anilines is 2. The zero-order chi connectivity index (χ0) is 33.5. The maximum Gasteiger partial charge on any atom is 0.506 e. The lowest BCUT2D eigenvalue weighted by molar-refractivity contribution is -0.122. The highest BCUT2D eigenvalue weighted by Gasteiger charge is 2.43. The van der Waals surface area contributed by atoms with Crippen molar-refractivity contribution in [2.45, 2.75) is 53.0 Å². The van der Waals surface area contributed by atoms with Gasteiger partial charge in [0.2, 0.25) is 0 Å². The standard InChI is InChI=1S/C21H35N3O6Si3.2C2H2O2.C2H6/c1-31(2,3)29-32(4,5)30-33(26,27)16-23-21(25)24-19-10-12-20(13-11-19)28-15-14-17-6-8-18(22)9-7-17;2*3-1-2-4;1-2/h6-13,26-27H,14-16,22H2,1-5H3,(H2,23,24,25);2*1-2H;1-2H3. The number of ether oxygens (including phenoxy) is 1. The smallest absolute Gasteiger partial charge is 0.493 e. The van der Waals surface area contributed by atoms with E-state index in [-0.39, 0.29) is 31.3 Å². The van der Waals surface area contributed by atoms with Gasteiger partial charge in [-0.05, 0) is 74.7 Å². The van der Waals surface area contributed by atoms with Crippen LogP contribution in [0.25, 0.3) is 0 Å². The minimum atomic E-state index is -4.11. The highest BCUT2D eigenvalue weighted by atomic mass is 28.5. The van der Waals surface area contributed by atoms with Gasteiger partial charge in [-0.2, -0.15) is 0 Å². The van der Waals surface area contributed by atoms with Crippen LogP contribution in [0.5, 0.6) is 5.75 Å². The molecule has 2 aromatic rings. The van der Waals surface area contributed by atoms with E-state index in [0.29, 0.717) is 18.0 Å². The number of nitrogen functional groups attached to an aromatic ring is 1. The SMILES string of the molecule is CC.C[Si](C)(C)O[Si](C)(C)O[Si](O)(O)CNC(=O)Nc1ccc(OCCc2ccc(N)cc2)cc1.O=CC=O.O=CC=O. The molecule has 0 heterocycles. The van der Waals surface area contributed by atoms with Gasteiger partial charge < -0.3 is 38.9 Å². The van der Waals surface area contributed by atoms with Crippen molar-refractivity contribution in [1.82, 2.24) is 5.32 Å². The second kappa shape index (κ2) is 22.1. The van der Waals surface area contributed by atoms with E-state index in [1.54, 1.807) is 37.4 Å². The Morgan fingerprint density at radius 3 is 1.74 bits per heavy atom. The average Bonchev–Trinajstić information content (AvgIpc) is 2.93. The summed E-state index contributed by atoms with van der Waals surface area (Å²) in [6.45, 7) is 14.1. The normalized spacial score (nSPS) is 10.5. The number of benzene rings is 2. The van der Waals surface area contributed by atoms with Gasteiger partial charge in [0.05, 0.1) is 12.8 Å². The van der Waals surface area contributed by atoms with Crippen molar-refractivity contribution in [3.8, 4) is 5.75 Å². The molecule has 0 atom stereocenters. The largest absolute Gasteiger partial charge is 0.506 e. The molecule has 0 saturated heterocycles. The summed E-state index contributed by atoms with van der Waals surface area (Å²) < 4.78 is 17.2. The minimum absolute atomic E-state index is 0.194. The van der Waals surface area contributed by atoms with Crippen LogP contribution in [-0.2, 0) is 33.8 Å². The molecule has 0 radical (unpaired) electrons. The lowest BCUT2D eigenvalue weighted by Gasteiger charge is -2.34. The number of rotatable bonds is 13. The zero-order valence-electron chi connectivity index (χ0n) is 25.8. The number of urea groups is 1. The lowest BCUT2D eigenvalue weighted by atomic mass is 10.1. The molecule has 2 amide bonds. The molecule has 2 rings (SSSR count). The van der Waals surface area contributed by atoms with E-state index in [2.05, 4.69) is 10.6 Å². The number of hydrogen-bond donors (Lipinski definition) is 5. The monoisotopic (exact) mass is 655 g/mol. The molecular formula is C27H45N3O10Si3. The van der Waals surface area contributed by atoms with Gasteiger partial charge in [0.15, 0.2) is 33.5 Å². The number of hydrogen-bond acceptors (Lipinski definition) is 11. The van der Waals surface area contributed by atoms with Crippen molar-refractivity contribution in [3.63, 3.8) is 0 Å². The molecule has 13 nitrogen and oxygen atoms in total. The molecule has 0 aliphatic carbocycles. The van der Waals surface area contributed by atoms with Gasteiger partial charge in [-0.25, -0.2) is 4.79 Å². The van der Waals surface area contributed by atoms with Gasteiger partial charge in [-0.3, -0.25) is 19.2 Å². The third kappa shape index (κ3) is 23.7. The van der Waals surface area contributed by atoms with Gasteiger partial charge in [-0.15, -0.1) is 0 Å². The summed E-state index contributed by atoms with van der Waals surface area (Å²) in [5.41, 5.74) is 8.08. The van der Waals surface area contributed by atoms with Gasteiger partial charge in [0.1, 0.15) is 5.75 Å². The summed E-state index contributed by atoms with van der Waals surface area (Å²) >= 11 is 0. The molecule has 0 saturated carbocycles. The van der Waals surface area contributed by atoms with Crippen molar-refractivity contribution in [2.24, 2.45) is 0 Å². The van der Waals surface area contributed by atoms with Gasteiger partial charge in [-0.1, -0.05) is 26.0 Å². The summed E-state index contributed by atoms with van der Waals surface area (Å²) in [6, 6.07) is 14.0. The van der Waals surface area contributed by atoms with E-state index in [1.807, 2.05) is 57.8 Å². The van der Waals surface area contributed by atoms with Crippen LogP contribution in [0, 0.1) is 0 Å². The molecule has 0 aliphatic rings. The molecule has 0 unspecified atom stereocenters. The number of carbonyl (C=O) groups excluding carboxylic acids is 5. The van der Waals surface area contributed by atoms with Crippen LogP contribution in [0.15, 0.2) is 48.5 Å². The molecule has 2 aromatic carbocycles. The topological polar surface area (TPSA) is 204 Å². The Bertz CT molecular complexity index is 1070. The number of nitrogens with two attached hydrogens (primary N) is 1. The molecule has 0 fully saturated rings. The maximum absolute atomic E-state index is 12.2. The van der Waals surface area contributed by atoms with Gasteiger partial charge in [0, 0.05) is 17.8 Å². The fourth-order valence-electron chi connectivity index (χ4n) is 3.16. The zero-order valence-corrected chi connectivity index (χ0v) is 28.8. The van der Waals surface area contributed by atoms with Crippen LogP contribution in [0.1, 0.15) is 19.4 Å². The van der Waals surface area contributed by atoms with Gasteiger partial charge >= 0.3 is 23.4 Å². The van der Waals surface area contributed by atoms with Crippen LogP contribution in [0.4, 0.5) is 16.2 Å². The molecule has 0 aliphatic heterocycles. The number of aldehydes is 4. The summed E-state index contributed by atoms with van der Waals surface area (Å²) in [6.07, 6.45) is 1.15. The Kier molecular flexibility index (Phi) is 21.4. The van der Waals surface area contributed by atoms with Crippen molar-refractivity contribution in [2.75, 3.05) is 23.8 Å². The van der Waals surface area contributed by atoms with Crippen LogP contribution in [0.2, 0.25) is 32.7 Å². The molecule has 6 N–H and O–H groups in total. The van der Waals surface area contributed by atoms with Crippen LogP contribution in [0.3, 0.4) is 0 Å². The first kappa shape index (κ1) is 41.6. The Labute approximate surface area is 256 Å². The summed E-state index contributed by atoms with van der Waals surface area (Å²) in [4.78, 5) is 67.9. The maximum atomic E-state index is 12.2. The lowest BCUT2D eigenvalue weighted by Crippen LogP contribution is -2.59. The van der Waals surface area contributed by atoms with Gasteiger partial charge in [0.25, 0.3) is 0 Å². The third-order valence-corrected chi connectivity index (χ3v) is 12.6. The molecule has 0 spiro atoms. The second-order valence-electron chi connectivity index (χ2n) is 9.68. The first-order valence-electron chi connectivity index (χ1n) is 13.3. The Hall–Kier alpha value is -3.52. The predicted octanol–water partition coefficient (Wildman–Crippen LogP) is 2.84. The minimum Gasteiger partial charge on any atom is -0.493 e. The van der Waals surface area contributed by atoms with Crippen molar-refractivity contribution in [3.05, 3.63) is 54.1 Å². The van der Waals surface area contributed by atoms with Crippen molar-refractivity contribution in [1.29, 1.82) is 0 Å². The Balaban J connectivity index is 0. The molecule has 16 heteroatoms. The van der Waals surface area contributed by atoms with Crippen LogP contribution < -0.4 is 21.1 Å². The van der Waals surface area contributed by atoms with E-state index in [0.717, 1.165) is 17.7 Å². The summed E-state index contributed by atoms with van der Waals surface area (Å²) in [5.74, 6) is 0.677. The quantitative estimate of drug-likeness (QED) is 0.0919. The summed E-state index contributed by atoms with van der Waals surface area (Å²) in [7, 11) is -8.74. The Morgan fingerprint density at radius 2 is 1.30 bits per heavy atom. The number of carbonyl (C=O) groups is 5. The molecule has 0 aromatic heterocycles. The number of nitrogens with one attached hydrogen (secondary N) is 2. The summed E-state index contributed by atoms with van der Waals surface area (Å²) in [5, 5.41) is 5.10. The molecule has 43 heavy (non-hydrogen) atoms. The average molecular weight is 656 g/mol. The predicted molar refractivity (Wildman–Crippen MR) is 172 cm³/mol. The highest BCUT2D eigenvalue weighted by molar-refractivity contribution is 6.84. The molecular weight excluding hydrogens is 611 g/mol. The van der Waals surface area contributed by atoms with E-state index in [9.17, 15) is 14.4 Å². The first-order chi connectivity index (χ1) is 20.1. The Morgan fingerprint density at radius 1 is 0.814 bits per heavy atom. The fraction of sp³-hybridized carbons (Fsp3) is 0.370. The van der Waals surface area contributed by atoms with E-state index >= 15 is 0 Å². The van der Waals surface area contributed by atoms with Crippen molar-refractivity contribution < 1.29 is 46.5 Å².